The maximum Gasteiger partial charge on any atom is 0.254 e. The first kappa shape index (κ1) is 46.5. The van der Waals surface area contributed by atoms with Crippen molar-refractivity contribution in [1.29, 1.82) is 0 Å². The number of benzene rings is 2. The number of thiazole rings is 1. The number of piperazine rings is 1. The zero-order valence-corrected chi connectivity index (χ0v) is 40.2. The van der Waals surface area contributed by atoms with Crippen LogP contribution in [0, 0.1) is 18.8 Å². The number of aromatic nitrogens is 4. The number of carbonyl (C=O) groups excluding carboxylic acids is 2. The Bertz CT molecular complexity index is 2490. The highest BCUT2D eigenvalue weighted by molar-refractivity contribution is 7.13. The number of hydrogen-bond acceptors (Lipinski definition) is 15. The van der Waals surface area contributed by atoms with Crippen LogP contribution in [0.25, 0.3) is 21.7 Å². The summed E-state index contributed by atoms with van der Waals surface area (Å²) in [6.07, 6.45) is 2.40. The fourth-order valence-electron chi connectivity index (χ4n) is 10.4. The Balaban J connectivity index is 0.738. The highest BCUT2D eigenvalue weighted by Gasteiger charge is 2.44. The Morgan fingerprint density at radius 3 is 2.52 bits per heavy atom. The van der Waals surface area contributed by atoms with E-state index in [0.717, 1.165) is 91.9 Å². The van der Waals surface area contributed by atoms with Crippen LogP contribution in [0.4, 0.5) is 11.5 Å². The van der Waals surface area contributed by atoms with Crippen LogP contribution < -0.4 is 20.3 Å². The van der Waals surface area contributed by atoms with E-state index in [1.165, 1.54) is 0 Å². The van der Waals surface area contributed by atoms with Crippen molar-refractivity contribution in [3.63, 3.8) is 0 Å². The molecule has 2 amide bonds. The van der Waals surface area contributed by atoms with Crippen molar-refractivity contribution in [2.24, 2.45) is 11.8 Å². The highest BCUT2D eigenvalue weighted by Crippen LogP contribution is 2.39. The number of piperidine rings is 1. The van der Waals surface area contributed by atoms with Gasteiger partial charge in [-0.2, -0.15) is 0 Å². The van der Waals surface area contributed by atoms with Gasteiger partial charge in [0.05, 0.1) is 45.7 Å². The summed E-state index contributed by atoms with van der Waals surface area (Å²) >= 11 is 1.61. The highest BCUT2D eigenvalue weighted by atomic mass is 32.1. The molecule has 356 valence electrons. The molecule has 17 heteroatoms. The summed E-state index contributed by atoms with van der Waals surface area (Å²) in [6, 6.07) is 18.8. The third-order valence-electron chi connectivity index (χ3n) is 14.3. The number of nitrogens with one attached hydrogen (secondary N) is 2. The van der Waals surface area contributed by atoms with Gasteiger partial charge in [-0.3, -0.25) is 19.4 Å². The minimum absolute atomic E-state index is 0.123. The van der Waals surface area contributed by atoms with E-state index in [9.17, 15) is 14.7 Å². The summed E-state index contributed by atoms with van der Waals surface area (Å²) in [5.41, 5.74) is 7.32. The van der Waals surface area contributed by atoms with Gasteiger partial charge in [-0.25, -0.2) is 4.98 Å². The van der Waals surface area contributed by atoms with Crippen molar-refractivity contribution in [3.8, 4) is 33.3 Å². The van der Waals surface area contributed by atoms with E-state index < -0.39 is 12.0 Å². The molecule has 3 fully saturated rings. The number of rotatable bonds is 15. The first-order valence-electron chi connectivity index (χ1n) is 23.8. The number of carbonyl (C=O) groups is 2. The van der Waals surface area contributed by atoms with Gasteiger partial charge in [-0.05, 0) is 93.0 Å². The minimum atomic E-state index is -0.688. The van der Waals surface area contributed by atoms with Gasteiger partial charge >= 0.3 is 0 Å². The van der Waals surface area contributed by atoms with Crippen LogP contribution in [0.5, 0.6) is 11.6 Å². The Hall–Kier alpha value is -5.62. The molecule has 3 aromatic heterocycles. The quantitative estimate of drug-likeness (QED) is 0.103. The molecule has 6 atom stereocenters. The monoisotopic (exact) mass is 932 g/mol. The van der Waals surface area contributed by atoms with Crippen LogP contribution in [-0.4, -0.2) is 142 Å². The number of fused-ring (bicyclic) bond motifs is 3. The topological polar surface area (TPSA) is 175 Å². The molecule has 7 heterocycles. The first-order chi connectivity index (χ1) is 32.4. The van der Waals surface area contributed by atoms with Crippen LogP contribution in [-0.2, 0) is 14.3 Å². The van der Waals surface area contributed by atoms with Crippen molar-refractivity contribution in [3.05, 3.63) is 83.2 Å². The lowest BCUT2D eigenvalue weighted by Crippen LogP contribution is -2.61. The summed E-state index contributed by atoms with van der Waals surface area (Å²) in [4.78, 5) is 43.0. The second-order valence-electron chi connectivity index (χ2n) is 19.1. The summed E-state index contributed by atoms with van der Waals surface area (Å²) < 4.78 is 17.6. The molecule has 67 heavy (non-hydrogen) atoms. The first-order valence-corrected chi connectivity index (χ1v) is 24.7. The van der Waals surface area contributed by atoms with Gasteiger partial charge in [-0.1, -0.05) is 50.2 Å². The van der Waals surface area contributed by atoms with Crippen molar-refractivity contribution in [1.82, 2.24) is 40.4 Å². The Morgan fingerprint density at radius 2 is 1.79 bits per heavy atom. The van der Waals surface area contributed by atoms with Gasteiger partial charge in [-0.15, -0.1) is 21.5 Å². The van der Waals surface area contributed by atoms with E-state index in [1.54, 1.807) is 35.5 Å². The molecule has 3 saturated heterocycles. The third kappa shape index (κ3) is 10.2. The number of phenolic OH excluding ortho intramolecular Hbond substituents is 1. The largest absolute Gasteiger partial charge is 0.507 e. The van der Waals surface area contributed by atoms with Gasteiger partial charge in [0, 0.05) is 70.5 Å². The number of para-hydroxylation sites is 1. The number of amides is 2. The van der Waals surface area contributed by atoms with E-state index in [4.69, 9.17) is 14.0 Å². The smallest absolute Gasteiger partial charge is 0.254 e. The average molecular weight is 933 g/mol. The van der Waals surface area contributed by atoms with Crippen molar-refractivity contribution in [2.75, 3.05) is 76.3 Å². The molecule has 0 aliphatic carbocycles. The molecule has 0 bridgehead atoms. The average Bonchev–Trinajstić information content (AvgIpc) is 4.10. The summed E-state index contributed by atoms with van der Waals surface area (Å²) in [7, 11) is 1.62. The molecule has 2 aromatic carbocycles. The maximum absolute atomic E-state index is 14.4. The fourth-order valence-corrected chi connectivity index (χ4v) is 11.2. The summed E-state index contributed by atoms with van der Waals surface area (Å²) in [5, 5.41) is 30.4. The van der Waals surface area contributed by atoms with Crippen LogP contribution in [0.1, 0.15) is 75.9 Å². The predicted octanol–water partition coefficient (Wildman–Crippen LogP) is 6.60. The lowest BCUT2D eigenvalue weighted by atomic mass is 9.91. The zero-order chi connectivity index (χ0) is 46.8. The van der Waals surface area contributed by atoms with E-state index in [0.29, 0.717) is 54.4 Å². The van der Waals surface area contributed by atoms with Crippen LogP contribution in [0.15, 0.2) is 70.7 Å². The minimum Gasteiger partial charge on any atom is -0.507 e. The number of methoxy groups -OCH3 is 1. The molecular weight excluding hydrogens is 869 g/mol. The molecular formula is C50H64N10O6S. The van der Waals surface area contributed by atoms with Gasteiger partial charge in [0.25, 0.3) is 5.88 Å². The van der Waals surface area contributed by atoms with Crippen molar-refractivity contribution in [2.45, 2.75) is 90.1 Å². The molecule has 0 saturated carbocycles. The molecule has 5 aromatic rings. The summed E-state index contributed by atoms with van der Waals surface area (Å²) in [6.45, 7) is 17.7. The van der Waals surface area contributed by atoms with Crippen molar-refractivity contribution < 1.29 is 28.7 Å². The normalized spacial score (nSPS) is 22.3. The molecule has 4 aliphatic rings. The summed E-state index contributed by atoms with van der Waals surface area (Å²) in [5.74, 6) is 1.24. The molecule has 3 N–H and O–H groups in total. The lowest BCUT2D eigenvalue weighted by molar-refractivity contribution is -0.141. The standard InChI is InChI=1S/C50H64N10O6S/c1-30(2)46(50(63)60-27-37(64-6)23-41(60)49(62)53-31(3)35-11-13-36(14-12-35)47-33(5)51-29-67-47)44-25-45(56-66-44)65-22-21-57-17-15-34(16-18-57)26-58-19-20-59-40-24-39(38-9-7-8-10-43(38)61)54-55-48(40)52-32(4)42(59)28-58/h7-14,24-25,29-32,34,37,41-42,46,61H,15-23,26-28H2,1-6H3,(H,52,55)(H,53,62). The molecule has 0 spiro atoms. The third-order valence-corrected chi connectivity index (χ3v) is 15.3. The Kier molecular flexibility index (Phi) is 14.1. The maximum atomic E-state index is 14.4. The number of aromatic hydroxyl groups is 1. The number of aryl methyl sites for hydroxylation is 1. The number of anilines is 2. The van der Waals surface area contributed by atoms with Crippen LogP contribution in [0.2, 0.25) is 0 Å². The van der Waals surface area contributed by atoms with E-state index >= 15 is 0 Å². The Morgan fingerprint density at radius 1 is 1.00 bits per heavy atom. The van der Waals surface area contributed by atoms with Gasteiger partial charge in [0.2, 0.25) is 11.8 Å². The number of ether oxygens (including phenoxy) is 2. The SMILES string of the molecule is COC1CC(C(=O)NC(C)c2ccc(-c3scnc3C)cc2)N(C(=O)C(c2cc(OCCN3CCC(CN4CCN5c6cc(-c7ccccc7O)nnc6NC(C)C5C4)CC3)no2)C(C)C)C1. The number of nitrogens with zero attached hydrogens (tertiary/aromatic N) is 8. The van der Waals surface area contributed by atoms with Crippen LogP contribution in [0.3, 0.4) is 0 Å². The molecule has 4 aliphatic heterocycles. The predicted molar refractivity (Wildman–Crippen MR) is 258 cm³/mol. The lowest BCUT2D eigenvalue weighted by Gasteiger charge is -2.49. The number of likely N-dealkylation sites (tertiary alicyclic amines) is 2. The Labute approximate surface area is 397 Å². The molecule has 9 rings (SSSR count). The number of phenols is 1. The van der Waals surface area contributed by atoms with Gasteiger partial charge in [0.15, 0.2) is 11.6 Å². The molecule has 6 unspecified atom stereocenters. The zero-order valence-electron chi connectivity index (χ0n) is 39.4. The number of hydrogen-bond donors (Lipinski definition) is 3. The second kappa shape index (κ2) is 20.3. The van der Waals surface area contributed by atoms with E-state index in [-0.39, 0.29) is 41.7 Å². The fraction of sp³-hybridized carbons (Fsp3) is 0.520. The van der Waals surface area contributed by atoms with E-state index in [1.807, 2.05) is 63.5 Å². The van der Waals surface area contributed by atoms with Crippen LogP contribution >= 0.6 is 11.3 Å². The van der Waals surface area contributed by atoms with Gasteiger partial charge < -0.3 is 39.5 Å². The molecule has 16 nitrogen and oxygen atoms in total. The van der Waals surface area contributed by atoms with Crippen molar-refractivity contribution >= 4 is 34.7 Å². The van der Waals surface area contributed by atoms with Gasteiger partial charge in [0.1, 0.15) is 24.3 Å². The van der Waals surface area contributed by atoms with E-state index in [2.05, 4.69) is 70.8 Å². The second-order valence-corrected chi connectivity index (χ2v) is 19.9. The molecule has 0 radical (unpaired) electrons.